The predicted octanol–water partition coefficient (Wildman–Crippen LogP) is 5.72. The standard InChI is InChI=1S/C25H33N3O5/c1-15(12-25(4,5)6)9-16(2)28(24(30)31)33-19-7-8-20-21-11-23(27-17(3)29)26-13-18(21)14-32-22(20)10-19/h7-8,10-11,13,15-16H,9,12,14H2,1-6H3,(H,30,31)(H,26,27,29). The maximum atomic E-state index is 11.9. The van der Waals surface area contributed by atoms with Crippen LogP contribution < -0.4 is 14.9 Å². The highest BCUT2D eigenvalue weighted by Crippen LogP contribution is 2.40. The number of hydrogen-bond donors (Lipinski definition) is 2. The first-order valence-corrected chi connectivity index (χ1v) is 11.2. The van der Waals surface area contributed by atoms with Crippen molar-refractivity contribution in [3.8, 4) is 22.6 Å². The first-order chi connectivity index (χ1) is 15.4. The minimum Gasteiger partial charge on any atom is -0.488 e. The Morgan fingerprint density at radius 2 is 1.97 bits per heavy atom. The van der Waals surface area contributed by atoms with Gasteiger partial charge in [-0.05, 0) is 54.9 Å². The van der Waals surface area contributed by atoms with Crippen LogP contribution in [0.3, 0.4) is 0 Å². The van der Waals surface area contributed by atoms with Crippen LogP contribution in [0.5, 0.6) is 11.5 Å². The third-order valence-electron chi connectivity index (χ3n) is 5.41. The minimum atomic E-state index is -1.14. The number of carboxylic acid groups (broad SMARTS) is 1. The van der Waals surface area contributed by atoms with Gasteiger partial charge in [-0.1, -0.05) is 27.7 Å². The Morgan fingerprint density at radius 3 is 2.61 bits per heavy atom. The van der Waals surface area contributed by atoms with E-state index in [2.05, 4.69) is 38.0 Å². The Hall–Kier alpha value is -3.29. The van der Waals surface area contributed by atoms with Crippen molar-refractivity contribution in [3.05, 3.63) is 36.0 Å². The number of nitrogens with zero attached hydrogens (tertiary/aromatic N) is 2. The van der Waals surface area contributed by atoms with E-state index in [1.54, 1.807) is 24.4 Å². The SMILES string of the molecule is CC(=O)Nc1cc2c(cn1)COc1cc(ON(C(=O)O)C(C)CC(C)CC(C)(C)C)ccc1-2. The number of ether oxygens (including phenoxy) is 1. The lowest BCUT2D eigenvalue weighted by Gasteiger charge is -2.30. The average molecular weight is 456 g/mol. The Balaban J connectivity index is 1.78. The molecule has 2 N–H and O–H groups in total. The topological polar surface area (TPSA) is 101 Å². The summed E-state index contributed by atoms with van der Waals surface area (Å²) in [5, 5.41) is 13.5. The number of rotatable bonds is 7. The monoisotopic (exact) mass is 455 g/mol. The zero-order chi connectivity index (χ0) is 24.3. The van der Waals surface area contributed by atoms with Crippen molar-refractivity contribution in [2.75, 3.05) is 5.32 Å². The normalized spacial score (nSPS) is 14.2. The van der Waals surface area contributed by atoms with Gasteiger partial charge in [-0.25, -0.2) is 9.78 Å². The Labute approximate surface area is 194 Å². The summed E-state index contributed by atoms with van der Waals surface area (Å²) in [6, 6.07) is 6.73. The molecule has 2 unspecified atom stereocenters. The summed E-state index contributed by atoms with van der Waals surface area (Å²) in [6.45, 7) is 12.3. The minimum absolute atomic E-state index is 0.176. The number of hydrogen-bond acceptors (Lipinski definition) is 5. The van der Waals surface area contributed by atoms with Gasteiger partial charge in [-0.2, -0.15) is 0 Å². The van der Waals surface area contributed by atoms with E-state index >= 15 is 0 Å². The van der Waals surface area contributed by atoms with E-state index in [0.717, 1.165) is 28.2 Å². The van der Waals surface area contributed by atoms with Crippen molar-refractivity contribution >= 4 is 17.8 Å². The molecule has 2 aromatic rings. The van der Waals surface area contributed by atoms with Gasteiger partial charge in [0.15, 0.2) is 5.75 Å². The molecule has 1 aromatic carbocycles. The third-order valence-corrected chi connectivity index (χ3v) is 5.41. The van der Waals surface area contributed by atoms with Crippen LogP contribution in [0.4, 0.5) is 10.6 Å². The van der Waals surface area contributed by atoms with Crippen molar-refractivity contribution in [2.24, 2.45) is 11.3 Å². The van der Waals surface area contributed by atoms with Crippen LogP contribution in [0.25, 0.3) is 11.1 Å². The van der Waals surface area contributed by atoms with Gasteiger partial charge in [0.25, 0.3) is 0 Å². The summed E-state index contributed by atoms with van der Waals surface area (Å²) in [7, 11) is 0. The van der Waals surface area contributed by atoms with Gasteiger partial charge < -0.3 is 20.0 Å². The molecule has 1 aliphatic rings. The quantitative estimate of drug-likeness (QED) is 0.518. The van der Waals surface area contributed by atoms with E-state index in [-0.39, 0.29) is 17.4 Å². The molecular formula is C25H33N3O5. The van der Waals surface area contributed by atoms with Gasteiger partial charge >= 0.3 is 6.09 Å². The third kappa shape index (κ3) is 6.37. The summed E-state index contributed by atoms with van der Waals surface area (Å²) in [5.41, 5.74) is 2.81. The highest BCUT2D eigenvalue weighted by Gasteiger charge is 2.27. The number of pyridine rings is 1. The molecule has 1 aliphatic heterocycles. The van der Waals surface area contributed by atoms with Crippen LogP contribution in [-0.2, 0) is 11.4 Å². The average Bonchev–Trinajstić information content (AvgIpc) is 2.69. The van der Waals surface area contributed by atoms with Gasteiger partial charge in [0.05, 0.1) is 6.04 Å². The maximum Gasteiger partial charge on any atom is 0.440 e. The van der Waals surface area contributed by atoms with Crippen LogP contribution in [-0.4, -0.2) is 33.2 Å². The van der Waals surface area contributed by atoms with Crippen LogP contribution in [0, 0.1) is 11.3 Å². The second-order valence-corrected chi connectivity index (χ2v) is 10.0. The molecule has 178 valence electrons. The van der Waals surface area contributed by atoms with Crippen LogP contribution in [0.2, 0.25) is 0 Å². The summed E-state index contributed by atoms with van der Waals surface area (Å²) < 4.78 is 5.86. The molecule has 0 saturated carbocycles. The Bertz CT molecular complexity index is 1030. The molecule has 0 bridgehead atoms. The lowest BCUT2D eigenvalue weighted by Crippen LogP contribution is -2.41. The molecule has 0 radical (unpaired) electrons. The number of anilines is 1. The van der Waals surface area contributed by atoms with Crippen molar-refractivity contribution < 1.29 is 24.3 Å². The van der Waals surface area contributed by atoms with Gasteiger partial charge in [-0.15, -0.1) is 5.06 Å². The predicted molar refractivity (Wildman–Crippen MR) is 126 cm³/mol. The number of carbonyl (C=O) groups excluding carboxylic acids is 1. The smallest absolute Gasteiger partial charge is 0.440 e. The molecule has 2 atom stereocenters. The zero-order valence-corrected chi connectivity index (χ0v) is 20.1. The van der Waals surface area contributed by atoms with Crippen molar-refractivity contribution in [2.45, 2.75) is 67.0 Å². The maximum absolute atomic E-state index is 11.9. The first kappa shape index (κ1) is 24.4. The lowest BCUT2D eigenvalue weighted by molar-refractivity contribution is -0.114. The molecular weight excluding hydrogens is 422 g/mol. The van der Waals surface area contributed by atoms with E-state index in [1.165, 1.54) is 6.92 Å². The number of fused-ring (bicyclic) bond motifs is 3. The summed E-state index contributed by atoms with van der Waals surface area (Å²) >= 11 is 0. The second kappa shape index (κ2) is 9.68. The summed E-state index contributed by atoms with van der Waals surface area (Å²) in [6.07, 6.45) is 2.23. The van der Waals surface area contributed by atoms with E-state index < -0.39 is 6.09 Å². The molecule has 0 saturated heterocycles. The molecule has 2 amide bonds. The Kier molecular flexibility index (Phi) is 7.15. The number of nitrogens with one attached hydrogen (secondary N) is 1. The number of carbonyl (C=O) groups is 2. The molecule has 0 fully saturated rings. The highest BCUT2D eigenvalue weighted by molar-refractivity contribution is 5.89. The molecule has 1 aromatic heterocycles. The van der Waals surface area contributed by atoms with Crippen molar-refractivity contribution in [3.63, 3.8) is 0 Å². The second-order valence-electron chi connectivity index (χ2n) is 10.0. The van der Waals surface area contributed by atoms with Crippen molar-refractivity contribution in [1.29, 1.82) is 0 Å². The number of benzene rings is 1. The molecule has 33 heavy (non-hydrogen) atoms. The van der Waals surface area contributed by atoms with E-state index in [0.29, 0.717) is 36.3 Å². The zero-order valence-electron chi connectivity index (χ0n) is 20.1. The van der Waals surface area contributed by atoms with E-state index in [4.69, 9.17) is 9.57 Å². The van der Waals surface area contributed by atoms with Gasteiger partial charge in [0, 0.05) is 30.3 Å². The van der Waals surface area contributed by atoms with Crippen molar-refractivity contribution in [1.82, 2.24) is 10.0 Å². The van der Waals surface area contributed by atoms with Gasteiger partial charge in [-0.3, -0.25) is 4.79 Å². The van der Waals surface area contributed by atoms with Crippen LogP contribution >= 0.6 is 0 Å². The van der Waals surface area contributed by atoms with E-state index in [1.807, 2.05) is 13.0 Å². The largest absolute Gasteiger partial charge is 0.488 e. The fourth-order valence-electron chi connectivity index (χ4n) is 4.39. The molecule has 0 spiro atoms. The molecule has 8 nitrogen and oxygen atoms in total. The summed E-state index contributed by atoms with van der Waals surface area (Å²) in [5.74, 6) is 1.58. The highest BCUT2D eigenvalue weighted by atomic mass is 16.7. The molecule has 3 rings (SSSR count). The van der Waals surface area contributed by atoms with Crippen LogP contribution in [0.1, 0.15) is 59.9 Å². The number of aromatic nitrogens is 1. The van der Waals surface area contributed by atoms with Crippen LogP contribution in [0.15, 0.2) is 30.5 Å². The van der Waals surface area contributed by atoms with E-state index in [9.17, 15) is 14.7 Å². The molecule has 2 heterocycles. The molecule has 8 heteroatoms. The number of hydroxylamine groups is 2. The van der Waals surface area contributed by atoms with Gasteiger partial charge in [0.2, 0.25) is 5.91 Å². The Morgan fingerprint density at radius 1 is 1.24 bits per heavy atom. The number of amides is 2. The molecule has 0 aliphatic carbocycles. The fraction of sp³-hybridized carbons (Fsp3) is 0.480. The van der Waals surface area contributed by atoms with Gasteiger partial charge in [0.1, 0.15) is 18.2 Å². The fourth-order valence-corrected chi connectivity index (χ4v) is 4.39. The summed E-state index contributed by atoms with van der Waals surface area (Å²) in [4.78, 5) is 33.3. The lowest BCUT2D eigenvalue weighted by atomic mass is 9.83. The first-order valence-electron chi connectivity index (χ1n) is 11.2.